The number of nitrogens with zero attached hydrogens (tertiary/aromatic N) is 3. The molecule has 8 nitrogen and oxygen atoms in total. The minimum Gasteiger partial charge on any atom is -0.484 e. The molecule has 3 amide bonds. The average molecular weight is 451 g/mol. The van der Waals surface area contributed by atoms with E-state index in [0.29, 0.717) is 25.3 Å². The third-order valence-electron chi connectivity index (χ3n) is 6.01. The Labute approximate surface area is 194 Å². The van der Waals surface area contributed by atoms with Gasteiger partial charge in [-0.05, 0) is 42.8 Å². The molecule has 2 heterocycles. The quantitative estimate of drug-likeness (QED) is 0.666. The van der Waals surface area contributed by atoms with Crippen molar-refractivity contribution in [3.63, 3.8) is 0 Å². The van der Waals surface area contributed by atoms with Crippen LogP contribution in [0.5, 0.6) is 5.75 Å². The van der Waals surface area contributed by atoms with E-state index in [1.807, 2.05) is 35.2 Å². The van der Waals surface area contributed by atoms with Gasteiger partial charge in [0.2, 0.25) is 11.8 Å². The molecule has 0 radical (unpaired) electrons. The fourth-order valence-electron chi connectivity index (χ4n) is 4.16. The molecular weight excluding hydrogens is 420 g/mol. The van der Waals surface area contributed by atoms with Crippen LogP contribution in [0.15, 0.2) is 54.6 Å². The summed E-state index contributed by atoms with van der Waals surface area (Å²) in [5, 5.41) is 2.74. The first kappa shape index (κ1) is 22.6. The van der Waals surface area contributed by atoms with Crippen molar-refractivity contribution in [3.8, 4) is 5.75 Å². The Hall–Kier alpha value is -3.55. The first-order chi connectivity index (χ1) is 16.1. The number of para-hydroxylation sites is 1. The highest BCUT2D eigenvalue weighted by Gasteiger charge is 2.22. The minimum absolute atomic E-state index is 0.0518. The van der Waals surface area contributed by atoms with Gasteiger partial charge in [0.25, 0.3) is 5.91 Å². The lowest BCUT2D eigenvalue weighted by Crippen LogP contribution is -2.49. The zero-order valence-electron chi connectivity index (χ0n) is 18.7. The molecule has 2 aromatic rings. The highest BCUT2D eigenvalue weighted by atomic mass is 16.5. The van der Waals surface area contributed by atoms with E-state index in [9.17, 15) is 14.4 Å². The summed E-state index contributed by atoms with van der Waals surface area (Å²) < 4.78 is 5.52. The second-order valence-electron chi connectivity index (χ2n) is 8.23. The Morgan fingerprint density at radius 1 is 0.879 bits per heavy atom. The van der Waals surface area contributed by atoms with Crippen LogP contribution in [0.4, 0.5) is 11.4 Å². The van der Waals surface area contributed by atoms with E-state index >= 15 is 0 Å². The van der Waals surface area contributed by atoms with Crippen molar-refractivity contribution in [3.05, 3.63) is 54.6 Å². The number of hydrogen-bond donors (Lipinski definition) is 1. The molecule has 0 aliphatic carbocycles. The highest BCUT2D eigenvalue weighted by Crippen LogP contribution is 2.23. The minimum atomic E-state index is -0.268. The lowest BCUT2D eigenvalue weighted by Gasteiger charge is -2.36. The molecule has 1 N–H and O–H groups in total. The van der Waals surface area contributed by atoms with E-state index in [4.69, 9.17) is 4.74 Å². The van der Waals surface area contributed by atoms with Gasteiger partial charge in [0, 0.05) is 63.5 Å². The number of piperazine rings is 1. The van der Waals surface area contributed by atoms with Crippen molar-refractivity contribution in [2.75, 3.05) is 55.7 Å². The summed E-state index contributed by atoms with van der Waals surface area (Å²) >= 11 is 0. The van der Waals surface area contributed by atoms with Crippen molar-refractivity contribution >= 4 is 29.1 Å². The third kappa shape index (κ3) is 6.03. The smallest absolute Gasteiger partial charge is 0.257 e. The Morgan fingerprint density at radius 2 is 1.61 bits per heavy atom. The summed E-state index contributed by atoms with van der Waals surface area (Å²) in [7, 11) is 0. The Bertz CT molecular complexity index is 956. The van der Waals surface area contributed by atoms with Gasteiger partial charge in [-0.15, -0.1) is 0 Å². The number of ether oxygens (including phenoxy) is 1. The number of carbonyl (C=O) groups is 3. The molecule has 4 rings (SSSR count). The van der Waals surface area contributed by atoms with E-state index in [0.717, 1.165) is 31.7 Å². The maximum absolute atomic E-state index is 12.5. The van der Waals surface area contributed by atoms with Crippen molar-refractivity contribution in [1.82, 2.24) is 10.2 Å². The number of benzene rings is 2. The summed E-state index contributed by atoms with van der Waals surface area (Å²) in [5.74, 6) is 0.482. The van der Waals surface area contributed by atoms with Crippen LogP contribution in [-0.2, 0) is 14.4 Å². The molecular formula is C25H30N4O4. The molecule has 174 valence electrons. The Morgan fingerprint density at radius 3 is 2.27 bits per heavy atom. The zero-order valence-corrected chi connectivity index (χ0v) is 18.7. The van der Waals surface area contributed by atoms with Gasteiger partial charge >= 0.3 is 0 Å². The molecule has 0 aromatic heterocycles. The number of nitrogens with one attached hydrogen (secondary N) is 1. The fourth-order valence-corrected chi connectivity index (χ4v) is 4.16. The highest BCUT2D eigenvalue weighted by molar-refractivity contribution is 5.95. The Balaban J connectivity index is 1.12. The average Bonchev–Trinajstić information content (AvgIpc) is 3.29. The van der Waals surface area contributed by atoms with Crippen molar-refractivity contribution < 1.29 is 19.1 Å². The number of hydrogen-bond acceptors (Lipinski definition) is 5. The van der Waals surface area contributed by atoms with Gasteiger partial charge in [0.1, 0.15) is 5.75 Å². The lowest BCUT2D eigenvalue weighted by molar-refractivity contribution is -0.131. The van der Waals surface area contributed by atoms with Crippen LogP contribution in [0.3, 0.4) is 0 Å². The molecule has 2 fully saturated rings. The summed E-state index contributed by atoms with van der Waals surface area (Å²) in [6.07, 6.45) is 1.74. The Kier molecular flexibility index (Phi) is 7.44. The first-order valence-corrected chi connectivity index (χ1v) is 11.5. The summed E-state index contributed by atoms with van der Waals surface area (Å²) in [4.78, 5) is 42.2. The van der Waals surface area contributed by atoms with Gasteiger partial charge in [-0.3, -0.25) is 14.4 Å². The first-order valence-electron chi connectivity index (χ1n) is 11.5. The van der Waals surface area contributed by atoms with Gasteiger partial charge in [0.05, 0.1) is 0 Å². The predicted molar refractivity (Wildman–Crippen MR) is 126 cm³/mol. The van der Waals surface area contributed by atoms with E-state index in [2.05, 4.69) is 22.3 Å². The van der Waals surface area contributed by atoms with E-state index in [1.165, 1.54) is 5.69 Å². The summed E-state index contributed by atoms with van der Waals surface area (Å²) in [5.41, 5.74) is 2.02. The van der Waals surface area contributed by atoms with Crippen molar-refractivity contribution in [2.24, 2.45) is 0 Å². The molecule has 2 saturated heterocycles. The van der Waals surface area contributed by atoms with E-state index < -0.39 is 0 Å². The van der Waals surface area contributed by atoms with Crippen LogP contribution < -0.4 is 19.9 Å². The van der Waals surface area contributed by atoms with E-state index in [1.54, 1.807) is 17.0 Å². The molecule has 0 bridgehead atoms. The van der Waals surface area contributed by atoms with Crippen molar-refractivity contribution in [2.45, 2.75) is 19.3 Å². The maximum Gasteiger partial charge on any atom is 0.257 e. The molecule has 0 saturated carbocycles. The SMILES string of the molecule is O=C(COc1ccc(N2CCCC2=O)cc1)NCCC(=O)N1CCN(c2ccccc2)CC1. The molecule has 8 heteroatoms. The molecule has 0 atom stereocenters. The fraction of sp³-hybridized carbons (Fsp3) is 0.400. The predicted octanol–water partition coefficient (Wildman–Crippen LogP) is 2.05. The number of anilines is 2. The van der Waals surface area contributed by atoms with Crippen LogP contribution in [0.1, 0.15) is 19.3 Å². The second-order valence-corrected chi connectivity index (χ2v) is 8.23. The molecule has 2 aliphatic heterocycles. The number of amides is 3. The van der Waals surface area contributed by atoms with Crippen LogP contribution in [0.2, 0.25) is 0 Å². The topological polar surface area (TPSA) is 82.2 Å². The normalized spacial score (nSPS) is 16.1. The zero-order chi connectivity index (χ0) is 23.0. The van der Waals surface area contributed by atoms with Gasteiger partial charge in [-0.1, -0.05) is 18.2 Å². The van der Waals surface area contributed by atoms with Gasteiger partial charge in [-0.2, -0.15) is 0 Å². The molecule has 0 spiro atoms. The molecule has 0 unspecified atom stereocenters. The van der Waals surface area contributed by atoms with Gasteiger partial charge in [-0.25, -0.2) is 0 Å². The standard InChI is InChI=1S/C25H30N4O4/c30-23(19-33-22-10-8-21(9-11-22)29-14-4-7-25(29)32)26-13-12-24(31)28-17-15-27(16-18-28)20-5-2-1-3-6-20/h1-3,5-6,8-11H,4,7,12-19H2,(H,26,30). The summed E-state index contributed by atoms with van der Waals surface area (Å²) in [6.45, 7) is 3.89. The largest absolute Gasteiger partial charge is 0.484 e. The monoisotopic (exact) mass is 450 g/mol. The van der Waals surface area contributed by atoms with Gasteiger partial charge in [0.15, 0.2) is 6.61 Å². The van der Waals surface area contributed by atoms with Crippen molar-refractivity contribution in [1.29, 1.82) is 0 Å². The van der Waals surface area contributed by atoms with Crippen LogP contribution >= 0.6 is 0 Å². The van der Waals surface area contributed by atoms with Crippen LogP contribution in [0.25, 0.3) is 0 Å². The van der Waals surface area contributed by atoms with Gasteiger partial charge < -0.3 is 24.8 Å². The van der Waals surface area contributed by atoms with Crippen LogP contribution in [0, 0.1) is 0 Å². The number of rotatable bonds is 8. The summed E-state index contributed by atoms with van der Waals surface area (Å²) in [6, 6.07) is 17.4. The van der Waals surface area contributed by atoms with Crippen LogP contribution in [-0.4, -0.2) is 68.5 Å². The maximum atomic E-state index is 12.5. The lowest BCUT2D eigenvalue weighted by atomic mass is 10.2. The number of carbonyl (C=O) groups excluding carboxylic acids is 3. The molecule has 2 aromatic carbocycles. The molecule has 2 aliphatic rings. The molecule has 33 heavy (non-hydrogen) atoms. The third-order valence-corrected chi connectivity index (χ3v) is 6.01. The second kappa shape index (κ2) is 10.8. The van der Waals surface area contributed by atoms with E-state index in [-0.39, 0.29) is 37.3 Å².